The number of rotatable bonds is 8. The molecule has 27 heavy (non-hydrogen) atoms. The standard InChI is InChI=1S/C21H23N3O3/c1-26-18-9-8-15(13-19(18)27-2)14-22-12-10-20(25)24-17-7-3-5-16-6-4-11-23-21(16)17/h3-9,11,13,22H,10,12,14H2,1-2H3,(H,24,25). The molecule has 2 N–H and O–H groups in total. The highest BCUT2D eigenvalue weighted by Gasteiger charge is 2.07. The summed E-state index contributed by atoms with van der Waals surface area (Å²) in [5, 5.41) is 7.21. The predicted octanol–water partition coefficient (Wildman–Crippen LogP) is 3.37. The van der Waals surface area contributed by atoms with Crippen LogP contribution in [-0.4, -0.2) is 31.7 Å². The Morgan fingerprint density at radius 1 is 1.04 bits per heavy atom. The number of nitrogens with one attached hydrogen (secondary N) is 2. The summed E-state index contributed by atoms with van der Waals surface area (Å²) in [7, 11) is 3.22. The number of pyridine rings is 1. The quantitative estimate of drug-likeness (QED) is 0.599. The summed E-state index contributed by atoms with van der Waals surface area (Å²) in [4.78, 5) is 16.6. The van der Waals surface area contributed by atoms with Gasteiger partial charge in [0, 0.05) is 31.1 Å². The first-order valence-electron chi connectivity index (χ1n) is 8.76. The van der Waals surface area contributed by atoms with E-state index in [1.54, 1.807) is 20.4 Å². The number of methoxy groups -OCH3 is 2. The lowest BCUT2D eigenvalue weighted by Gasteiger charge is -2.11. The van der Waals surface area contributed by atoms with E-state index in [1.807, 2.05) is 48.5 Å². The molecular weight excluding hydrogens is 342 g/mol. The van der Waals surface area contributed by atoms with Gasteiger partial charge in [0.1, 0.15) is 0 Å². The zero-order valence-corrected chi connectivity index (χ0v) is 15.5. The van der Waals surface area contributed by atoms with Crippen molar-refractivity contribution in [3.63, 3.8) is 0 Å². The maximum atomic E-state index is 12.2. The van der Waals surface area contributed by atoms with Crippen LogP contribution in [0.25, 0.3) is 10.9 Å². The summed E-state index contributed by atoms with van der Waals surface area (Å²) in [5.74, 6) is 1.34. The normalized spacial score (nSPS) is 10.6. The van der Waals surface area contributed by atoms with Crippen LogP contribution in [0.4, 0.5) is 5.69 Å². The molecule has 0 radical (unpaired) electrons. The lowest BCUT2D eigenvalue weighted by Crippen LogP contribution is -2.21. The molecule has 0 saturated heterocycles. The Morgan fingerprint density at radius 3 is 2.67 bits per heavy atom. The molecule has 6 nitrogen and oxygen atoms in total. The average molecular weight is 365 g/mol. The second-order valence-corrected chi connectivity index (χ2v) is 6.04. The number of benzene rings is 2. The lowest BCUT2D eigenvalue weighted by atomic mass is 10.2. The predicted molar refractivity (Wildman–Crippen MR) is 106 cm³/mol. The van der Waals surface area contributed by atoms with Crippen LogP contribution >= 0.6 is 0 Å². The van der Waals surface area contributed by atoms with Crippen molar-refractivity contribution < 1.29 is 14.3 Å². The number of ether oxygens (including phenoxy) is 2. The van der Waals surface area contributed by atoms with Crippen molar-refractivity contribution >= 4 is 22.5 Å². The number of hydrogen-bond acceptors (Lipinski definition) is 5. The Balaban J connectivity index is 1.50. The van der Waals surface area contributed by atoms with E-state index >= 15 is 0 Å². The van der Waals surface area contributed by atoms with Crippen LogP contribution in [0.2, 0.25) is 0 Å². The monoisotopic (exact) mass is 365 g/mol. The minimum absolute atomic E-state index is 0.0482. The fraction of sp³-hybridized carbons (Fsp3) is 0.238. The molecule has 1 heterocycles. The maximum Gasteiger partial charge on any atom is 0.225 e. The zero-order valence-electron chi connectivity index (χ0n) is 15.5. The first-order chi connectivity index (χ1) is 13.2. The lowest BCUT2D eigenvalue weighted by molar-refractivity contribution is -0.116. The number of carbonyl (C=O) groups is 1. The van der Waals surface area contributed by atoms with Gasteiger partial charge < -0.3 is 20.1 Å². The van der Waals surface area contributed by atoms with Gasteiger partial charge in [-0.2, -0.15) is 0 Å². The van der Waals surface area contributed by atoms with Crippen LogP contribution in [-0.2, 0) is 11.3 Å². The van der Waals surface area contributed by atoms with Crippen molar-refractivity contribution in [2.75, 3.05) is 26.1 Å². The summed E-state index contributed by atoms with van der Waals surface area (Å²) >= 11 is 0. The number of anilines is 1. The van der Waals surface area contributed by atoms with Gasteiger partial charge in [-0.3, -0.25) is 9.78 Å². The number of aromatic nitrogens is 1. The number of fused-ring (bicyclic) bond motifs is 1. The van der Waals surface area contributed by atoms with Gasteiger partial charge in [-0.25, -0.2) is 0 Å². The second-order valence-electron chi connectivity index (χ2n) is 6.04. The molecule has 0 aliphatic carbocycles. The van der Waals surface area contributed by atoms with E-state index in [-0.39, 0.29) is 5.91 Å². The molecule has 0 spiro atoms. The van der Waals surface area contributed by atoms with Gasteiger partial charge in [0.05, 0.1) is 25.4 Å². The molecule has 0 fully saturated rings. The van der Waals surface area contributed by atoms with Gasteiger partial charge >= 0.3 is 0 Å². The molecular formula is C21H23N3O3. The molecule has 1 aromatic heterocycles. The Labute approximate surface area is 158 Å². The topological polar surface area (TPSA) is 72.5 Å². The van der Waals surface area contributed by atoms with Crippen LogP contribution in [0, 0.1) is 0 Å². The Hall–Kier alpha value is -3.12. The molecule has 0 unspecified atom stereocenters. The van der Waals surface area contributed by atoms with Crippen molar-refractivity contribution in [1.82, 2.24) is 10.3 Å². The zero-order chi connectivity index (χ0) is 19.1. The van der Waals surface area contributed by atoms with Crippen LogP contribution in [0.15, 0.2) is 54.7 Å². The van der Waals surface area contributed by atoms with Gasteiger partial charge in [0.2, 0.25) is 5.91 Å². The molecule has 0 saturated carbocycles. The number of amides is 1. The van der Waals surface area contributed by atoms with Gasteiger partial charge in [-0.1, -0.05) is 24.3 Å². The Morgan fingerprint density at radius 2 is 1.85 bits per heavy atom. The number of para-hydroxylation sites is 1. The third-order valence-electron chi connectivity index (χ3n) is 4.21. The minimum atomic E-state index is -0.0482. The largest absolute Gasteiger partial charge is 0.493 e. The van der Waals surface area contributed by atoms with E-state index in [0.717, 1.165) is 22.2 Å². The molecule has 2 aromatic carbocycles. The van der Waals surface area contributed by atoms with E-state index in [4.69, 9.17) is 9.47 Å². The van der Waals surface area contributed by atoms with Crippen LogP contribution in [0.5, 0.6) is 11.5 Å². The highest BCUT2D eigenvalue weighted by molar-refractivity contribution is 6.00. The molecule has 6 heteroatoms. The van der Waals surface area contributed by atoms with Gasteiger partial charge in [0.25, 0.3) is 0 Å². The molecule has 0 atom stereocenters. The highest BCUT2D eigenvalue weighted by atomic mass is 16.5. The van der Waals surface area contributed by atoms with Crippen molar-refractivity contribution in [3.8, 4) is 11.5 Å². The summed E-state index contributed by atoms with van der Waals surface area (Å²) in [5.41, 5.74) is 2.59. The van der Waals surface area contributed by atoms with E-state index in [2.05, 4.69) is 15.6 Å². The molecule has 3 aromatic rings. The fourth-order valence-corrected chi connectivity index (χ4v) is 2.84. The summed E-state index contributed by atoms with van der Waals surface area (Å²) in [6.07, 6.45) is 2.10. The van der Waals surface area contributed by atoms with Crippen molar-refractivity contribution in [2.24, 2.45) is 0 Å². The average Bonchev–Trinajstić information content (AvgIpc) is 2.71. The minimum Gasteiger partial charge on any atom is -0.493 e. The maximum absolute atomic E-state index is 12.2. The Bertz CT molecular complexity index is 922. The van der Waals surface area contributed by atoms with E-state index < -0.39 is 0 Å². The van der Waals surface area contributed by atoms with E-state index in [9.17, 15) is 4.79 Å². The number of hydrogen-bond donors (Lipinski definition) is 2. The third-order valence-corrected chi connectivity index (χ3v) is 4.21. The van der Waals surface area contributed by atoms with E-state index in [0.29, 0.717) is 31.0 Å². The summed E-state index contributed by atoms with van der Waals surface area (Å²) in [6, 6.07) is 15.4. The second kappa shape index (κ2) is 9.00. The molecule has 0 aliphatic heterocycles. The van der Waals surface area contributed by atoms with Gasteiger partial charge in [-0.05, 0) is 29.8 Å². The molecule has 0 aliphatic rings. The van der Waals surface area contributed by atoms with Crippen molar-refractivity contribution in [2.45, 2.75) is 13.0 Å². The van der Waals surface area contributed by atoms with Crippen molar-refractivity contribution in [3.05, 3.63) is 60.3 Å². The van der Waals surface area contributed by atoms with E-state index in [1.165, 1.54) is 0 Å². The van der Waals surface area contributed by atoms with Gasteiger partial charge in [0.15, 0.2) is 11.5 Å². The number of carbonyl (C=O) groups excluding carboxylic acids is 1. The molecule has 0 bridgehead atoms. The van der Waals surface area contributed by atoms with Gasteiger partial charge in [-0.15, -0.1) is 0 Å². The van der Waals surface area contributed by atoms with Crippen LogP contribution in [0.1, 0.15) is 12.0 Å². The van der Waals surface area contributed by atoms with Crippen LogP contribution in [0.3, 0.4) is 0 Å². The highest BCUT2D eigenvalue weighted by Crippen LogP contribution is 2.27. The van der Waals surface area contributed by atoms with Crippen LogP contribution < -0.4 is 20.1 Å². The Kier molecular flexibility index (Phi) is 6.22. The summed E-state index contributed by atoms with van der Waals surface area (Å²) < 4.78 is 10.5. The number of nitrogens with zero attached hydrogens (tertiary/aromatic N) is 1. The van der Waals surface area contributed by atoms with Crippen molar-refractivity contribution in [1.29, 1.82) is 0 Å². The fourth-order valence-electron chi connectivity index (χ4n) is 2.84. The first-order valence-corrected chi connectivity index (χ1v) is 8.76. The first kappa shape index (κ1) is 18.7. The smallest absolute Gasteiger partial charge is 0.225 e. The molecule has 140 valence electrons. The summed E-state index contributed by atoms with van der Waals surface area (Å²) in [6.45, 7) is 1.21. The third kappa shape index (κ3) is 4.74. The molecule has 3 rings (SSSR count). The SMILES string of the molecule is COc1ccc(CNCCC(=O)Nc2cccc3cccnc23)cc1OC. The molecule has 1 amide bonds.